The summed E-state index contributed by atoms with van der Waals surface area (Å²) in [6.07, 6.45) is 0. The van der Waals surface area contributed by atoms with Crippen molar-refractivity contribution >= 4 is 0 Å². The molecule has 0 aliphatic rings. The van der Waals surface area contributed by atoms with Gasteiger partial charge in [-0.1, -0.05) is 0 Å². The molecule has 0 spiro atoms. The van der Waals surface area contributed by atoms with Crippen LogP contribution in [-0.4, -0.2) is 5.34 Å². The minimum absolute atomic E-state index is 0. The molecule has 8 heavy (non-hydrogen) atoms. The Bertz CT molecular complexity index is 39.5. The summed E-state index contributed by atoms with van der Waals surface area (Å²) >= 11 is 0. The van der Waals surface area contributed by atoms with Gasteiger partial charge in [0, 0.05) is 5.29 Å². The normalized spacial score (nSPS) is 4.25. The molecule has 0 aromatic heterocycles. The average Bonchev–Trinajstić information content (AvgIpc) is 1.38. The molecule has 0 aliphatic heterocycles. The van der Waals surface area contributed by atoms with Crippen LogP contribution in [-0.2, 0) is 0 Å². The standard InChI is InChI=1S/N2O3.3Na/c3-1-2(4)5;;;/q-2;3*+1. The van der Waals surface area contributed by atoms with Gasteiger partial charge in [-0.2, -0.15) is 0 Å². The Morgan fingerprint density at radius 2 is 1.25 bits per heavy atom. The zero-order valence-electron chi connectivity index (χ0n) is 5.12. The molecule has 0 N–H and O–H groups in total. The van der Waals surface area contributed by atoms with E-state index < -0.39 is 5.34 Å². The monoisotopic (exact) mass is 145 g/mol. The van der Waals surface area contributed by atoms with Gasteiger partial charge in [-0.25, -0.2) is 0 Å². The Hall–Kier alpha value is 2.32. The van der Waals surface area contributed by atoms with Crippen LogP contribution in [0.1, 0.15) is 0 Å². The van der Waals surface area contributed by atoms with Crippen molar-refractivity contribution in [2.45, 2.75) is 0 Å². The maximum Gasteiger partial charge on any atom is 1.00 e. The molecule has 0 unspecified atom stereocenters. The first kappa shape index (κ1) is 22.4. The van der Waals surface area contributed by atoms with Crippen molar-refractivity contribution in [3.63, 3.8) is 0 Å². The van der Waals surface area contributed by atoms with E-state index in [1.54, 1.807) is 0 Å². The van der Waals surface area contributed by atoms with Crippen LogP contribution >= 0.6 is 0 Å². The molecule has 8 heteroatoms. The summed E-state index contributed by atoms with van der Waals surface area (Å²) < 4.78 is 0. The smallest absolute Gasteiger partial charge is 0.750 e. The first-order valence-corrected chi connectivity index (χ1v) is 0.748. The van der Waals surface area contributed by atoms with Crippen molar-refractivity contribution < 1.29 is 88.7 Å². The van der Waals surface area contributed by atoms with E-state index in [-0.39, 0.29) is 88.7 Å². The second kappa shape index (κ2) is 16.2. The van der Waals surface area contributed by atoms with Crippen LogP contribution in [0, 0.1) is 15.3 Å². The van der Waals surface area contributed by atoms with Gasteiger partial charge < -0.3 is 15.8 Å². The fourth-order valence-electron chi connectivity index (χ4n) is 0. The third-order valence-corrected chi connectivity index (χ3v) is 0.0667. The molecule has 5 nitrogen and oxygen atoms in total. The number of hydrogen-bond donors (Lipinski definition) is 0. The first-order chi connectivity index (χ1) is 2.27. The quantitative estimate of drug-likeness (QED) is 0.208. The maximum atomic E-state index is 8.69. The molecule has 0 aromatic rings. The third kappa shape index (κ3) is 23.9. The Kier molecular flexibility index (Phi) is 45.3. The number of hydrogen-bond acceptors (Lipinski definition) is 4. The Balaban J connectivity index is -0.0000000267. The molecule has 0 fully saturated rings. The largest absolute Gasteiger partial charge is 1.00 e. The molecule has 0 saturated carbocycles. The molecule has 0 radical (unpaired) electrons. The van der Waals surface area contributed by atoms with Gasteiger partial charge in [0.25, 0.3) is 0 Å². The predicted octanol–water partition coefficient (Wildman–Crippen LogP) is -9.02. The molecular formula is N2Na3O3+. The Morgan fingerprint density at radius 3 is 1.25 bits per heavy atom. The summed E-state index contributed by atoms with van der Waals surface area (Å²) in [5.41, 5.74) is 0. The van der Waals surface area contributed by atoms with Crippen molar-refractivity contribution in [3.8, 4) is 0 Å². The van der Waals surface area contributed by atoms with Crippen LogP contribution in [0.25, 0.3) is 0 Å². The molecule has 0 atom stereocenters. The fraction of sp³-hybridized carbons (Fsp3) is 0. The van der Waals surface area contributed by atoms with Crippen LogP contribution in [0.4, 0.5) is 0 Å². The van der Waals surface area contributed by atoms with Crippen LogP contribution in [0.5, 0.6) is 0 Å². The van der Waals surface area contributed by atoms with Gasteiger partial charge in [0.15, 0.2) is 0 Å². The molecule has 0 rings (SSSR count). The van der Waals surface area contributed by atoms with Gasteiger partial charge in [0.1, 0.15) is 0 Å². The zero-order valence-corrected chi connectivity index (χ0v) is 11.1. The van der Waals surface area contributed by atoms with Crippen LogP contribution in [0.15, 0.2) is 5.29 Å². The molecule has 0 amide bonds. The van der Waals surface area contributed by atoms with E-state index in [1.807, 2.05) is 0 Å². The molecular weight excluding hydrogens is 145 g/mol. The number of nitroso groups, excluding NO2 is 1. The second-order valence-electron chi connectivity index (χ2n) is 0.319. The average molecular weight is 145 g/mol. The zero-order chi connectivity index (χ0) is 4.28. The van der Waals surface area contributed by atoms with Gasteiger partial charge in [-0.3, -0.25) is 0 Å². The van der Waals surface area contributed by atoms with Gasteiger partial charge in [-0.05, 0) is 0 Å². The minimum Gasteiger partial charge on any atom is -0.750 e. The van der Waals surface area contributed by atoms with Gasteiger partial charge in [-0.15, -0.1) is 4.91 Å². The van der Waals surface area contributed by atoms with Crippen molar-refractivity contribution in [1.29, 1.82) is 0 Å². The van der Waals surface area contributed by atoms with Crippen LogP contribution < -0.4 is 88.7 Å². The summed E-state index contributed by atoms with van der Waals surface area (Å²) in [7, 11) is 0. The predicted molar refractivity (Wildman–Crippen MR) is 14.4 cm³/mol. The molecule has 0 heterocycles. The maximum absolute atomic E-state index is 8.69. The molecule has 0 aliphatic carbocycles. The molecule has 0 aromatic carbocycles. The summed E-state index contributed by atoms with van der Waals surface area (Å²) in [5, 5.41) is 17.4. The van der Waals surface area contributed by atoms with E-state index in [2.05, 4.69) is 0 Å². The molecule has 30 valence electrons. The summed E-state index contributed by atoms with van der Waals surface area (Å²) in [6.45, 7) is 0. The first-order valence-electron chi connectivity index (χ1n) is 0.748. The summed E-state index contributed by atoms with van der Waals surface area (Å²) in [6, 6.07) is 0. The summed E-state index contributed by atoms with van der Waals surface area (Å²) in [4.78, 5) is 8.56. The minimum atomic E-state index is -1.31. The van der Waals surface area contributed by atoms with Crippen molar-refractivity contribution in [3.05, 3.63) is 15.3 Å². The number of rotatable bonds is 1. The van der Waals surface area contributed by atoms with E-state index in [9.17, 15) is 0 Å². The van der Waals surface area contributed by atoms with Gasteiger partial charge in [0.2, 0.25) is 0 Å². The van der Waals surface area contributed by atoms with E-state index in [4.69, 9.17) is 15.3 Å². The Labute approximate surface area is 113 Å². The van der Waals surface area contributed by atoms with Crippen molar-refractivity contribution in [2.75, 3.05) is 0 Å². The Morgan fingerprint density at radius 1 is 1.12 bits per heavy atom. The van der Waals surface area contributed by atoms with Crippen LogP contribution in [0.3, 0.4) is 0 Å². The topological polar surface area (TPSA) is 78.8 Å². The number of nitrogens with zero attached hydrogens (tertiary/aromatic N) is 2. The molecule has 0 saturated heterocycles. The molecule has 0 bridgehead atoms. The second-order valence-corrected chi connectivity index (χ2v) is 0.319. The third-order valence-electron chi connectivity index (χ3n) is 0.0667. The van der Waals surface area contributed by atoms with E-state index in [1.165, 1.54) is 5.29 Å². The SMILES string of the molecule is O=NN([O-])[O-].[Na+].[Na+].[Na+]. The van der Waals surface area contributed by atoms with Gasteiger partial charge >= 0.3 is 88.7 Å². The van der Waals surface area contributed by atoms with E-state index in [0.717, 1.165) is 0 Å². The summed E-state index contributed by atoms with van der Waals surface area (Å²) in [5.74, 6) is 0. The van der Waals surface area contributed by atoms with E-state index >= 15 is 0 Å². The van der Waals surface area contributed by atoms with E-state index in [0.29, 0.717) is 0 Å². The van der Waals surface area contributed by atoms with Crippen molar-refractivity contribution in [2.24, 2.45) is 5.29 Å². The van der Waals surface area contributed by atoms with Gasteiger partial charge in [0.05, 0.1) is 0 Å². The van der Waals surface area contributed by atoms with Crippen LogP contribution in [0.2, 0.25) is 0 Å². The fourth-order valence-corrected chi connectivity index (χ4v) is 0. The van der Waals surface area contributed by atoms with Crippen molar-refractivity contribution in [1.82, 2.24) is 5.34 Å².